The zero-order valence-corrected chi connectivity index (χ0v) is 15.7. The van der Waals surface area contributed by atoms with Crippen LogP contribution in [0.25, 0.3) is 22.2 Å². The zero-order valence-electron chi connectivity index (χ0n) is 15.7. The maximum Gasteiger partial charge on any atom is 0.221 e. The Hall–Kier alpha value is -3.50. The molecule has 148 valence electrons. The maximum absolute atomic E-state index is 9.06. The monoisotopic (exact) mass is 393 g/mol. The number of rotatable bonds is 7. The zero-order chi connectivity index (χ0) is 20.2. The van der Waals surface area contributed by atoms with Crippen molar-refractivity contribution in [3.63, 3.8) is 0 Å². The lowest BCUT2D eigenvalue weighted by molar-refractivity contribution is -0.0170. The van der Waals surface area contributed by atoms with Crippen LogP contribution in [0.2, 0.25) is 0 Å². The molecule has 0 amide bonds. The third-order valence-electron chi connectivity index (χ3n) is 4.34. The van der Waals surface area contributed by atoms with Crippen LogP contribution < -0.4 is 0 Å². The lowest BCUT2D eigenvalue weighted by atomic mass is 10.1. The van der Waals surface area contributed by atoms with Crippen molar-refractivity contribution < 1.29 is 15.1 Å². The standard InChI is InChI=1S/C19H19N7O3/c1-12(24-29-15(10-27)11-28)17-8-21-18-19(22-17)26(25-23-18)9-13-4-5-16-14(7-13)3-2-6-20-16/h2-8,15,27-28H,9-11H2,1H3/b24-12-. The summed E-state index contributed by atoms with van der Waals surface area (Å²) in [5.74, 6) is 0. The smallest absolute Gasteiger partial charge is 0.221 e. The molecule has 0 aliphatic heterocycles. The number of aromatic nitrogens is 6. The second-order valence-electron chi connectivity index (χ2n) is 6.45. The van der Waals surface area contributed by atoms with Crippen LogP contribution in [-0.4, -0.2) is 65.2 Å². The number of hydrogen-bond acceptors (Lipinski definition) is 9. The number of fused-ring (bicyclic) bond motifs is 2. The van der Waals surface area contributed by atoms with Gasteiger partial charge in [0.15, 0.2) is 11.8 Å². The topological polar surface area (TPSA) is 131 Å². The summed E-state index contributed by atoms with van der Waals surface area (Å²) in [6.45, 7) is 1.50. The highest BCUT2D eigenvalue weighted by atomic mass is 16.6. The Morgan fingerprint density at radius 3 is 2.90 bits per heavy atom. The van der Waals surface area contributed by atoms with Gasteiger partial charge in [-0.1, -0.05) is 22.5 Å². The molecule has 4 rings (SSSR count). The first-order chi connectivity index (χ1) is 14.2. The van der Waals surface area contributed by atoms with Crippen LogP contribution in [0.15, 0.2) is 47.9 Å². The molecule has 0 aliphatic carbocycles. The molecule has 0 bridgehead atoms. The van der Waals surface area contributed by atoms with Crippen molar-refractivity contribution >= 4 is 27.9 Å². The van der Waals surface area contributed by atoms with E-state index in [4.69, 9.17) is 15.1 Å². The fraction of sp³-hybridized carbons (Fsp3) is 0.263. The fourth-order valence-electron chi connectivity index (χ4n) is 2.76. The Labute approximate surface area is 165 Å². The molecule has 3 heterocycles. The Bertz CT molecular complexity index is 1170. The van der Waals surface area contributed by atoms with Gasteiger partial charge < -0.3 is 15.1 Å². The SMILES string of the molecule is C/C(=N/OC(CO)CO)c1cnc2nnn(Cc3ccc4ncccc4c3)c2n1. The van der Waals surface area contributed by atoms with E-state index in [1.54, 1.807) is 17.8 Å². The van der Waals surface area contributed by atoms with Crippen LogP contribution in [0.4, 0.5) is 0 Å². The number of aliphatic hydroxyl groups excluding tert-OH is 2. The van der Waals surface area contributed by atoms with Crippen molar-refractivity contribution in [1.82, 2.24) is 29.9 Å². The van der Waals surface area contributed by atoms with E-state index in [1.165, 1.54) is 6.20 Å². The van der Waals surface area contributed by atoms with Crippen molar-refractivity contribution in [3.8, 4) is 0 Å². The first-order valence-corrected chi connectivity index (χ1v) is 9.00. The van der Waals surface area contributed by atoms with Gasteiger partial charge in [-0.3, -0.25) is 4.98 Å². The highest BCUT2D eigenvalue weighted by molar-refractivity contribution is 5.97. The largest absolute Gasteiger partial charge is 0.392 e. The number of oxime groups is 1. The summed E-state index contributed by atoms with van der Waals surface area (Å²) in [6.07, 6.45) is 2.51. The lowest BCUT2D eigenvalue weighted by Gasteiger charge is -2.09. The van der Waals surface area contributed by atoms with Crippen LogP contribution in [0.3, 0.4) is 0 Å². The Morgan fingerprint density at radius 1 is 1.21 bits per heavy atom. The van der Waals surface area contributed by atoms with E-state index in [1.807, 2.05) is 24.3 Å². The number of nitrogens with zero attached hydrogens (tertiary/aromatic N) is 7. The summed E-state index contributed by atoms with van der Waals surface area (Å²) in [5, 5.41) is 31.3. The second-order valence-corrected chi connectivity index (χ2v) is 6.45. The van der Waals surface area contributed by atoms with Gasteiger partial charge in [-0.15, -0.1) is 5.10 Å². The summed E-state index contributed by atoms with van der Waals surface area (Å²) >= 11 is 0. The molecule has 0 spiro atoms. The molecule has 0 saturated heterocycles. The van der Waals surface area contributed by atoms with Gasteiger partial charge in [0.1, 0.15) is 11.4 Å². The predicted octanol–water partition coefficient (Wildman–Crippen LogP) is 0.912. The first-order valence-electron chi connectivity index (χ1n) is 9.00. The molecule has 0 fully saturated rings. The third-order valence-corrected chi connectivity index (χ3v) is 4.34. The Balaban J connectivity index is 1.61. The van der Waals surface area contributed by atoms with Crippen LogP contribution in [0.5, 0.6) is 0 Å². The highest BCUT2D eigenvalue weighted by Gasteiger charge is 2.12. The molecule has 0 unspecified atom stereocenters. The minimum atomic E-state index is -0.781. The van der Waals surface area contributed by atoms with Crippen molar-refractivity contribution in [2.24, 2.45) is 5.16 Å². The van der Waals surface area contributed by atoms with Gasteiger partial charge in [0.05, 0.1) is 31.5 Å². The van der Waals surface area contributed by atoms with Gasteiger partial charge in [-0.2, -0.15) is 0 Å². The van der Waals surface area contributed by atoms with Crippen LogP contribution >= 0.6 is 0 Å². The first kappa shape index (κ1) is 18.8. The van der Waals surface area contributed by atoms with E-state index in [2.05, 4.69) is 36.5 Å². The summed E-state index contributed by atoms with van der Waals surface area (Å²) in [5.41, 5.74) is 3.84. The molecule has 0 atom stereocenters. The minimum Gasteiger partial charge on any atom is -0.392 e. The van der Waals surface area contributed by atoms with E-state index in [-0.39, 0.29) is 13.2 Å². The molecule has 0 saturated carbocycles. The van der Waals surface area contributed by atoms with Crippen LogP contribution in [0, 0.1) is 0 Å². The highest BCUT2D eigenvalue weighted by Crippen LogP contribution is 2.16. The fourth-order valence-corrected chi connectivity index (χ4v) is 2.76. The average Bonchev–Trinajstić information content (AvgIpc) is 3.16. The summed E-state index contributed by atoms with van der Waals surface area (Å²) < 4.78 is 1.67. The summed E-state index contributed by atoms with van der Waals surface area (Å²) in [4.78, 5) is 18.3. The van der Waals surface area contributed by atoms with E-state index in [0.717, 1.165) is 16.5 Å². The van der Waals surface area contributed by atoms with Gasteiger partial charge in [-0.05, 0) is 30.7 Å². The molecule has 10 nitrogen and oxygen atoms in total. The van der Waals surface area contributed by atoms with Crippen molar-refractivity contribution in [2.45, 2.75) is 19.6 Å². The normalized spacial score (nSPS) is 12.2. The van der Waals surface area contributed by atoms with Crippen LogP contribution in [0.1, 0.15) is 18.2 Å². The molecule has 10 heteroatoms. The predicted molar refractivity (Wildman–Crippen MR) is 105 cm³/mol. The molecule has 3 aromatic heterocycles. The molecule has 0 aliphatic rings. The Kier molecular flexibility index (Phi) is 5.36. The van der Waals surface area contributed by atoms with Gasteiger partial charge in [0, 0.05) is 11.6 Å². The average molecular weight is 393 g/mol. The molecule has 1 aromatic carbocycles. The van der Waals surface area contributed by atoms with Gasteiger partial charge in [0.25, 0.3) is 0 Å². The van der Waals surface area contributed by atoms with Gasteiger partial charge in [0.2, 0.25) is 5.65 Å². The summed E-state index contributed by atoms with van der Waals surface area (Å²) in [7, 11) is 0. The van der Waals surface area contributed by atoms with Crippen molar-refractivity contribution in [3.05, 3.63) is 54.0 Å². The lowest BCUT2D eigenvalue weighted by Crippen LogP contribution is -2.20. The number of aliphatic hydroxyl groups is 2. The number of pyridine rings is 1. The molecule has 2 N–H and O–H groups in total. The molecule has 0 radical (unpaired) electrons. The van der Waals surface area contributed by atoms with E-state index < -0.39 is 6.10 Å². The maximum atomic E-state index is 9.06. The number of hydrogen-bond donors (Lipinski definition) is 2. The van der Waals surface area contributed by atoms with Gasteiger partial charge >= 0.3 is 0 Å². The Morgan fingerprint density at radius 2 is 2.07 bits per heavy atom. The van der Waals surface area contributed by atoms with E-state index >= 15 is 0 Å². The molecular weight excluding hydrogens is 374 g/mol. The minimum absolute atomic E-state index is 0.337. The second kappa shape index (κ2) is 8.25. The van der Waals surface area contributed by atoms with E-state index in [0.29, 0.717) is 29.2 Å². The third kappa shape index (κ3) is 4.03. The molecular formula is C19H19N7O3. The quantitative estimate of drug-likeness (QED) is 0.350. The van der Waals surface area contributed by atoms with Gasteiger partial charge in [-0.25, -0.2) is 14.6 Å². The van der Waals surface area contributed by atoms with E-state index in [9.17, 15) is 0 Å². The summed E-state index contributed by atoms with van der Waals surface area (Å²) in [6, 6.07) is 9.92. The van der Waals surface area contributed by atoms with Crippen molar-refractivity contribution in [1.29, 1.82) is 0 Å². The van der Waals surface area contributed by atoms with Crippen LogP contribution in [-0.2, 0) is 11.4 Å². The molecule has 4 aromatic rings. The molecule has 29 heavy (non-hydrogen) atoms. The van der Waals surface area contributed by atoms with Crippen molar-refractivity contribution in [2.75, 3.05) is 13.2 Å². The number of benzene rings is 1.